The van der Waals surface area contributed by atoms with Crippen molar-refractivity contribution in [1.82, 2.24) is 9.97 Å². The Balaban J connectivity index is 2.70. The van der Waals surface area contributed by atoms with E-state index >= 15 is 0 Å². The Hall–Kier alpha value is -1.11. The number of hydrogen-bond donors (Lipinski definition) is 2. The van der Waals surface area contributed by atoms with Crippen LogP contribution in [0.1, 0.15) is 10.5 Å². The van der Waals surface area contributed by atoms with E-state index < -0.39 is 5.97 Å². The average molecular weight is 288 g/mol. The summed E-state index contributed by atoms with van der Waals surface area (Å²) in [7, 11) is 0. The van der Waals surface area contributed by atoms with Gasteiger partial charge >= 0.3 is 5.97 Å². The predicted octanol–water partition coefficient (Wildman–Crippen LogP) is 1.87. The minimum absolute atomic E-state index is 0.0609. The Morgan fingerprint density at radius 1 is 1.54 bits per heavy atom. The smallest absolute Gasteiger partial charge is 0.354 e. The molecule has 4 nitrogen and oxygen atoms in total. The summed E-state index contributed by atoms with van der Waals surface area (Å²) in [6.45, 7) is 0. The highest BCUT2D eigenvalue weighted by Crippen LogP contribution is 2.18. The number of rotatable bonds is 1. The second-order valence-corrected chi connectivity index (χ2v) is 3.70. The second kappa shape index (κ2) is 2.99. The number of aromatic carboxylic acids is 1. The number of hydrogen-bond acceptors (Lipinski definition) is 2. The van der Waals surface area contributed by atoms with Crippen LogP contribution in [0.2, 0.25) is 0 Å². The van der Waals surface area contributed by atoms with Gasteiger partial charge in [-0.2, -0.15) is 0 Å². The number of H-pyrrole nitrogens is 1. The molecule has 0 amide bonds. The minimum Gasteiger partial charge on any atom is -0.477 e. The highest BCUT2D eigenvalue weighted by atomic mass is 127. The van der Waals surface area contributed by atoms with Gasteiger partial charge in [-0.1, -0.05) is 0 Å². The number of carbonyl (C=O) groups is 1. The van der Waals surface area contributed by atoms with Crippen LogP contribution in [0.3, 0.4) is 0 Å². The number of aromatic nitrogens is 2. The Bertz CT molecular complexity index is 478. The molecule has 0 bridgehead atoms. The van der Waals surface area contributed by atoms with Crippen LogP contribution >= 0.6 is 22.6 Å². The molecule has 0 spiro atoms. The van der Waals surface area contributed by atoms with Crippen molar-refractivity contribution >= 4 is 39.6 Å². The van der Waals surface area contributed by atoms with Crippen LogP contribution in [0.15, 0.2) is 18.3 Å². The third kappa shape index (κ3) is 1.39. The summed E-state index contributed by atoms with van der Waals surface area (Å²) in [5, 5.41) is 9.62. The third-order valence-electron chi connectivity index (χ3n) is 1.71. The molecule has 66 valence electrons. The first-order valence-electron chi connectivity index (χ1n) is 3.55. The number of aromatic amines is 1. The number of fused-ring (bicyclic) bond motifs is 1. The van der Waals surface area contributed by atoms with Gasteiger partial charge < -0.3 is 10.1 Å². The van der Waals surface area contributed by atoms with Crippen LogP contribution in [-0.4, -0.2) is 21.0 Å². The van der Waals surface area contributed by atoms with E-state index in [2.05, 4.69) is 32.6 Å². The molecule has 0 aliphatic carbocycles. The first-order valence-corrected chi connectivity index (χ1v) is 4.63. The molecule has 13 heavy (non-hydrogen) atoms. The van der Waals surface area contributed by atoms with Crippen LogP contribution in [-0.2, 0) is 0 Å². The van der Waals surface area contributed by atoms with Crippen molar-refractivity contribution in [3.63, 3.8) is 0 Å². The zero-order valence-electron chi connectivity index (χ0n) is 6.41. The lowest BCUT2D eigenvalue weighted by Gasteiger charge is -1.93. The van der Waals surface area contributed by atoms with Crippen LogP contribution in [0.5, 0.6) is 0 Å². The average Bonchev–Trinajstić information content (AvgIpc) is 2.47. The normalized spacial score (nSPS) is 10.5. The van der Waals surface area contributed by atoms with Crippen molar-refractivity contribution < 1.29 is 9.90 Å². The van der Waals surface area contributed by atoms with E-state index in [1.807, 2.05) is 0 Å². The number of carboxylic acids is 1. The van der Waals surface area contributed by atoms with E-state index in [1.165, 1.54) is 6.07 Å². The molecule has 2 heterocycles. The zero-order chi connectivity index (χ0) is 9.42. The largest absolute Gasteiger partial charge is 0.477 e. The molecular formula is C8H5IN2O2. The van der Waals surface area contributed by atoms with Gasteiger partial charge in [0.15, 0.2) is 5.69 Å². The van der Waals surface area contributed by atoms with E-state index in [1.54, 1.807) is 12.3 Å². The molecule has 2 rings (SSSR count). The summed E-state index contributed by atoms with van der Waals surface area (Å²) < 4.78 is 1.04. The number of pyridine rings is 1. The van der Waals surface area contributed by atoms with E-state index in [4.69, 9.17) is 5.11 Å². The van der Waals surface area contributed by atoms with Gasteiger partial charge in [-0.3, -0.25) is 0 Å². The number of halogens is 1. The topological polar surface area (TPSA) is 66.0 Å². The van der Waals surface area contributed by atoms with Crippen molar-refractivity contribution in [3.05, 3.63) is 27.6 Å². The van der Waals surface area contributed by atoms with Gasteiger partial charge in [0.1, 0.15) is 5.65 Å². The summed E-state index contributed by atoms with van der Waals surface area (Å²) in [6, 6.07) is 3.25. The molecule has 2 N–H and O–H groups in total. The van der Waals surface area contributed by atoms with Crippen molar-refractivity contribution in [2.45, 2.75) is 0 Å². The fourth-order valence-electron chi connectivity index (χ4n) is 1.09. The quantitative estimate of drug-likeness (QED) is 0.787. The Kier molecular flexibility index (Phi) is 1.95. The second-order valence-electron chi connectivity index (χ2n) is 2.53. The van der Waals surface area contributed by atoms with E-state index in [0.717, 1.165) is 8.96 Å². The maximum absolute atomic E-state index is 10.6. The molecule has 0 unspecified atom stereocenters. The van der Waals surface area contributed by atoms with Gasteiger partial charge in [-0.25, -0.2) is 9.78 Å². The van der Waals surface area contributed by atoms with Gasteiger partial charge in [0.05, 0.1) is 0 Å². The zero-order valence-corrected chi connectivity index (χ0v) is 8.57. The minimum atomic E-state index is -1.01. The van der Waals surface area contributed by atoms with Crippen LogP contribution < -0.4 is 0 Å². The van der Waals surface area contributed by atoms with Crippen molar-refractivity contribution in [2.75, 3.05) is 0 Å². The molecule has 0 saturated heterocycles. The van der Waals surface area contributed by atoms with E-state index in [9.17, 15) is 4.79 Å². The van der Waals surface area contributed by atoms with Gasteiger partial charge in [0.2, 0.25) is 0 Å². The summed E-state index contributed by atoms with van der Waals surface area (Å²) in [4.78, 5) is 17.4. The number of carboxylic acid groups (broad SMARTS) is 1. The SMILES string of the molecule is O=C(O)c1ccc2c(I)c[nH]c2n1. The predicted molar refractivity (Wildman–Crippen MR) is 55.8 cm³/mol. The standard InChI is InChI=1S/C8H5IN2O2/c9-5-3-10-7-4(5)1-2-6(11-7)8(12)13/h1-3H,(H,10,11)(H,12,13). The maximum Gasteiger partial charge on any atom is 0.354 e. The first kappa shape index (κ1) is 8.49. The number of nitrogens with one attached hydrogen (secondary N) is 1. The fourth-order valence-corrected chi connectivity index (χ4v) is 1.68. The van der Waals surface area contributed by atoms with Crippen molar-refractivity contribution in [1.29, 1.82) is 0 Å². The summed E-state index contributed by atoms with van der Waals surface area (Å²) in [5.41, 5.74) is 0.676. The molecule has 2 aromatic rings. The van der Waals surface area contributed by atoms with E-state index in [0.29, 0.717) is 5.65 Å². The summed E-state index contributed by atoms with van der Waals surface area (Å²) >= 11 is 2.16. The van der Waals surface area contributed by atoms with Gasteiger partial charge in [0, 0.05) is 15.2 Å². The monoisotopic (exact) mass is 288 g/mol. The molecule has 0 aliphatic heterocycles. The lowest BCUT2D eigenvalue weighted by atomic mass is 10.3. The van der Waals surface area contributed by atoms with Crippen molar-refractivity contribution in [2.24, 2.45) is 0 Å². The van der Waals surface area contributed by atoms with Crippen LogP contribution in [0, 0.1) is 3.57 Å². The van der Waals surface area contributed by atoms with E-state index in [-0.39, 0.29) is 5.69 Å². The Labute approximate surface area is 87.1 Å². The van der Waals surface area contributed by atoms with Gasteiger partial charge in [-0.15, -0.1) is 0 Å². The molecule has 0 aliphatic rings. The molecule has 0 saturated carbocycles. The lowest BCUT2D eigenvalue weighted by Crippen LogP contribution is -1.99. The summed E-state index contributed by atoms with van der Waals surface area (Å²) in [5.74, 6) is -1.01. The van der Waals surface area contributed by atoms with Crippen LogP contribution in [0.25, 0.3) is 11.0 Å². The molecule has 5 heteroatoms. The Morgan fingerprint density at radius 2 is 2.31 bits per heavy atom. The van der Waals surface area contributed by atoms with Gasteiger partial charge in [0.25, 0.3) is 0 Å². The first-order chi connectivity index (χ1) is 6.18. The highest BCUT2D eigenvalue weighted by molar-refractivity contribution is 14.1. The highest BCUT2D eigenvalue weighted by Gasteiger charge is 2.07. The Morgan fingerprint density at radius 3 is 3.00 bits per heavy atom. The maximum atomic E-state index is 10.6. The molecule has 0 atom stereocenters. The molecular weight excluding hydrogens is 283 g/mol. The van der Waals surface area contributed by atoms with Crippen LogP contribution in [0.4, 0.5) is 0 Å². The fraction of sp³-hybridized carbons (Fsp3) is 0. The molecule has 0 fully saturated rings. The van der Waals surface area contributed by atoms with Crippen molar-refractivity contribution in [3.8, 4) is 0 Å². The third-order valence-corrected chi connectivity index (χ3v) is 2.60. The summed E-state index contributed by atoms with van der Waals surface area (Å²) in [6.07, 6.45) is 1.80. The molecule has 2 aromatic heterocycles. The number of nitrogens with zero attached hydrogens (tertiary/aromatic N) is 1. The molecule has 0 radical (unpaired) electrons. The lowest BCUT2D eigenvalue weighted by molar-refractivity contribution is 0.0691. The van der Waals surface area contributed by atoms with Gasteiger partial charge in [-0.05, 0) is 34.7 Å². The molecule has 0 aromatic carbocycles.